The molecule has 1 aliphatic rings. The Balaban J connectivity index is 0.00000261. The molecule has 0 aliphatic carbocycles. The van der Waals surface area contributed by atoms with Crippen molar-refractivity contribution in [2.75, 3.05) is 25.0 Å². The predicted molar refractivity (Wildman–Crippen MR) is 114 cm³/mol. The maximum atomic E-state index is 13.7. The molecule has 1 aromatic carbocycles. The van der Waals surface area contributed by atoms with Gasteiger partial charge in [0, 0.05) is 45.0 Å². The zero-order valence-corrected chi connectivity index (χ0v) is 17.5. The molecule has 0 atom stereocenters. The summed E-state index contributed by atoms with van der Waals surface area (Å²) >= 11 is 0. The van der Waals surface area contributed by atoms with E-state index < -0.39 is 11.6 Å². The summed E-state index contributed by atoms with van der Waals surface area (Å²) in [6, 6.07) is 7.43. The molecule has 2 N–H and O–H groups in total. The van der Waals surface area contributed by atoms with Gasteiger partial charge < -0.3 is 15.5 Å². The normalized spacial score (nSPS) is 14.0. The average molecular weight is 487 g/mol. The molecule has 1 saturated heterocycles. The lowest BCUT2D eigenvalue weighted by Gasteiger charge is -2.17. The number of hydrogen-bond acceptors (Lipinski definition) is 3. The van der Waals surface area contributed by atoms with Crippen LogP contribution in [-0.4, -0.2) is 31.1 Å². The molecule has 0 unspecified atom stereocenters. The van der Waals surface area contributed by atoms with Crippen molar-refractivity contribution < 1.29 is 8.78 Å². The lowest BCUT2D eigenvalue weighted by atomic mass is 10.2. The van der Waals surface area contributed by atoms with Gasteiger partial charge in [0.1, 0.15) is 17.5 Å². The minimum atomic E-state index is -0.461. The number of anilines is 1. The molecular formula is C19H24F2IN5. The van der Waals surface area contributed by atoms with Crippen molar-refractivity contribution in [1.82, 2.24) is 15.6 Å². The fraction of sp³-hybridized carbons (Fsp3) is 0.368. The van der Waals surface area contributed by atoms with E-state index in [1.54, 1.807) is 7.05 Å². The molecule has 0 radical (unpaired) electrons. The quantitative estimate of drug-likeness (QED) is 0.386. The number of halogens is 3. The van der Waals surface area contributed by atoms with Gasteiger partial charge >= 0.3 is 0 Å². The van der Waals surface area contributed by atoms with Crippen LogP contribution >= 0.6 is 24.0 Å². The van der Waals surface area contributed by atoms with Crippen molar-refractivity contribution in [3.05, 3.63) is 59.3 Å². The molecule has 1 fully saturated rings. The molecule has 2 heterocycles. The van der Waals surface area contributed by atoms with E-state index in [4.69, 9.17) is 0 Å². The molecular weight excluding hydrogens is 463 g/mol. The number of rotatable bonds is 5. The molecule has 3 rings (SSSR count). The highest BCUT2D eigenvalue weighted by molar-refractivity contribution is 14.0. The Morgan fingerprint density at radius 3 is 2.59 bits per heavy atom. The fourth-order valence-electron chi connectivity index (χ4n) is 2.95. The van der Waals surface area contributed by atoms with Crippen LogP contribution in [0.3, 0.4) is 0 Å². The third-order valence-corrected chi connectivity index (χ3v) is 4.38. The smallest absolute Gasteiger partial charge is 0.191 e. The lowest BCUT2D eigenvalue weighted by Crippen LogP contribution is -2.36. The van der Waals surface area contributed by atoms with Crippen LogP contribution in [0.4, 0.5) is 14.6 Å². The van der Waals surface area contributed by atoms with Gasteiger partial charge in [-0.25, -0.2) is 13.8 Å². The average Bonchev–Trinajstić information content (AvgIpc) is 3.19. The van der Waals surface area contributed by atoms with Crippen LogP contribution in [0.15, 0.2) is 41.5 Å². The van der Waals surface area contributed by atoms with Crippen LogP contribution < -0.4 is 15.5 Å². The summed E-state index contributed by atoms with van der Waals surface area (Å²) < 4.78 is 26.9. The van der Waals surface area contributed by atoms with E-state index in [0.29, 0.717) is 12.5 Å². The lowest BCUT2D eigenvalue weighted by molar-refractivity contribution is 0.581. The highest BCUT2D eigenvalue weighted by atomic mass is 127. The van der Waals surface area contributed by atoms with Crippen molar-refractivity contribution in [1.29, 1.82) is 0 Å². The van der Waals surface area contributed by atoms with Crippen LogP contribution in [0.2, 0.25) is 0 Å². The van der Waals surface area contributed by atoms with Gasteiger partial charge in [-0.05, 0) is 48.7 Å². The van der Waals surface area contributed by atoms with Crippen LogP contribution in [0.5, 0.6) is 0 Å². The molecule has 146 valence electrons. The fourth-order valence-corrected chi connectivity index (χ4v) is 2.95. The van der Waals surface area contributed by atoms with E-state index in [-0.39, 0.29) is 36.1 Å². The van der Waals surface area contributed by atoms with Crippen molar-refractivity contribution in [2.24, 2.45) is 4.99 Å². The van der Waals surface area contributed by atoms with Crippen LogP contribution in [-0.2, 0) is 13.1 Å². The van der Waals surface area contributed by atoms with Gasteiger partial charge in [-0.1, -0.05) is 0 Å². The number of benzene rings is 1. The van der Waals surface area contributed by atoms with Gasteiger partial charge in [0.25, 0.3) is 0 Å². The first kappa shape index (κ1) is 21.3. The molecule has 27 heavy (non-hydrogen) atoms. The standard InChI is InChI=1S/C19H23F2N5.HI/c1-22-19(25-13-15-11-16(20)4-5-17(15)21)24-12-14-6-7-23-18(10-14)26-8-2-3-9-26;/h4-7,10-11H,2-3,8-9,12-13H2,1H3,(H2,22,24,25);1H. The van der Waals surface area contributed by atoms with Gasteiger partial charge in [0.15, 0.2) is 5.96 Å². The van der Waals surface area contributed by atoms with E-state index in [0.717, 1.165) is 36.6 Å². The Kier molecular flexibility index (Phi) is 8.21. The number of pyridine rings is 1. The summed E-state index contributed by atoms with van der Waals surface area (Å²) in [5.41, 5.74) is 1.34. The van der Waals surface area contributed by atoms with Crippen molar-refractivity contribution in [2.45, 2.75) is 25.9 Å². The molecule has 0 amide bonds. The maximum Gasteiger partial charge on any atom is 0.191 e. The molecule has 8 heteroatoms. The molecule has 0 spiro atoms. The molecule has 0 bridgehead atoms. The Bertz CT molecular complexity index is 778. The summed E-state index contributed by atoms with van der Waals surface area (Å²) in [5, 5.41) is 6.18. The van der Waals surface area contributed by atoms with E-state index in [2.05, 4.69) is 31.6 Å². The third-order valence-electron chi connectivity index (χ3n) is 4.38. The Morgan fingerprint density at radius 2 is 1.85 bits per heavy atom. The summed E-state index contributed by atoms with van der Waals surface area (Å²) in [5.74, 6) is 0.607. The number of aromatic nitrogens is 1. The number of hydrogen-bond donors (Lipinski definition) is 2. The molecule has 2 aromatic rings. The monoisotopic (exact) mass is 487 g/mol. The largest absolute Gasteiger partial charge is 0.357 e. The van der Waals surface area contributed by atoms with Gasteiger partial charge in [-0.2, -0.15) is 0 Å². The first-order chi connectivity index (χ1) is 12.7. The van der Waals surface area contributed by atoms with Gasteiger partial charge in [-0.15, -0.1) is 24.0 Å². The SMILES string of the molecule is CN=C(NCc1ccnc(N2CCCC2)c1)NCc1cc(F)ccc1F.I. The van der Waals surface area contributed by atoms with Gasteiger partial charge in [-0.3, -0.25) is 4.99 Å². The zero-order valence-electron chi connectivity index (χ0n) is 15.2. The first-order valence-corrected chi connectivity index (χ1v) is 8.74. The van der Waals surface area contributed by atoms with E-state index in [1.165, 1.54) is 18.9 Å². The zero-order chi connectivity index (χ0) is 18.4. The highest BCUT2D eigenvalue weighted by Crippen LogP contribution is 2.18. The summed E-state index contributed by atoms with van der Waals surface area (Å²) in [6.45, 7) is 2.81. The summed E-state index contributed by atoms with van der Waals surface area (Å²) in [4.78, 5) is 10.8. The molecule has 1 aliphatic heterocycles. The second-order valence-corrected chi connectivity index (χ2v) is 6.23. The van der Waals surface area contributed by atoms with E-state index in [9.17, 15) is 8.78 Å². The number of nitrogens with zero attached hydrogens (tertiary/aromatic N) is 3. The minimum absolute atomic E-state index is 0. The van der Waals surface area contributed by atoms with Gasteiger partial charge in [0.2, 0.25) is 0 Å². The number of guanidine groups is 1. The minimum Gasteiger partial charge on any atom is -0.357 e. The van der Waals surface area contributed by atoms with Crippen LogP contribution in [0.25, 0.3) is 0 Å². The number of nitrogens with one attached hydrogen (secondary N) is 2. The Labute approximate surface area is 175 Å². The Morgan fingerprint density at radius 1 is 1.11 bits per heavy atom. The van der Waals surface area contributed by atoms with E-state index >= 15 is 0 Å². The maximum absolute atomic E-state index is 13.7. The van der Waals surface area contributed by atoms with Crippen LogP contribution in [0.1, 0.15) is 24.0 Å². The van der Waals surface area contributed by atoms with Gasteiger partial charge in [0.05, 0.1) is 0 Å². The summed E-state index contributed by atoms with van der Waals surface area (Å²) in [6.07, 6.45) is 4.22. The predicted octanol–water partition coefficient (Wildman–Crippen LogP) is 3.44. The Hall–Kier alpha value is -1.97. The highest BCUT2D eigenvalue weighted by Gasteiger charge is 2.13. The molecule has 1 aromatic heterocycles. The second-order valence-electron chi connectivity index (χ2n) is 6.23. The van der Waals surface area contributed by atoms with Crippen LogP contribution in [0, 0.1) is 11.6 Å². The van der Waals surface area contributed by atoms with E-state index in [1.807, 2.05) is 12.3 Å². The first-order valence-electron chi connectivity index (χ1n) is 8.74. The van der Waals surface area contributed by atoms with Crippen molar-refractivity contribution in [3.8, 4) is 0 Å². The number of aliphatic imine (C=N–C) groups is 1. The molecule has 0 saturated carbocycles. The third kappa shape index (κ3) is 6.02. The summed E-state index contributed by atoms with van der Waals surface area (Å²) in [7, 11) is 1.64. The second kappa shape index (κ2) is 10.4. The molecule has 5 nitrogen and oxygen atoms in total. The van der Waals surface area contributed by atoms with Crippen molar-refractivity contribution in [3.63, 3.8) is 0 Å². The topological polar surface area (TPSA) is 52.6 Å². The van der Waals surface area contributed by atoms with Crippen molar-refractivity contribution >= 4 is 35.8 Å².